The number of anilines is 1. The van der Waals surface area contributed by atoms with Crippen molar-refractivity contribution >= 4 is 11.8 Å². The summed E-state index contributed by atoms with van der Waals surface area (Å²) < 4.78 is 0. The van der Waals surface area contributed by atoms with Crippen molar-refractivity contribution in [2.24, 2.45) is 0 Å². The number of aromatic nitrogens is 1. The molecular formula is C19H24N4O. The van der Waals surface area contributed by atoms with Crippen LogP contribution in [0.25, 0.3) is 0 Å². The maximum atomic E-state index is 11.9. The Hall–Kier alpha value is -2.56. The van der Waals surface area contributed by atoms with Crippen LogP contribution in [0.1, 0.15) is 29.5 Å². The quantitative estimate of drug-likeness (QED) is 0.889. The van der Waals surface area contributed by atoms with Gasteiger partial charge in [-0.05, 0) is 37.0 Å². The molecule has 1 aliphatic rings. The zero-order valence-electron chi connectivity index (χ0n) is 14.1. The van der Waals surface area contributed by atoms with Gasteiger partial charge in [0.15, 0.2) is 0 Å². The van der Waals surface area contributed by atoms with Gasteiger partial charge in [0.2, 0.25) is 0 Å². The van der Waals surface area contributed by atoms with Crippen LogP contribution < -0.4 is 15.5 Å². The second kappa shape index (κ2) is 7.81. The molecule has 1 saturated heterocycles. The highest BCUT2D eigenvalue weighted by Crippen LogP contribution is 2.17. The zero-order chi connectivity index (χ0) is 16.8. The summed E-state index contributed by atoms with van der Waals surface area (Å²) in [5, 5.41) is 5.74. The second-order valence-electron chi connectivity index (χ2n) is 6.24. The molecule has 0 atom stereocenters. The number of pyridine rings is 1. The number of amides is 2. The molecule has 2 N–H and O–H groups in total. The fourth-order valence-corrected chi connectivity index (χ4v) is 2.90. The minimum absolute atomic E-state index is 0.167. The van der Waals surface area contributed by atoms with Crippen molar-refractivity contribution in [2.45, 2.75) is 32.9 Å². The number of nitrogens with one attached hydrogen (secondary N) is 2. The molecule has 5 heteroatoms. The lowest BCUT2D eigenvalue weighted by atomic mass is 10.1. The molecule has 0 spiro atoms. The van der Waals surface area contributed by atoms with Gasteiger partial charge < -0.3 is 15.5 Å². The van der Waals surface area contributed by atoms with Crippen molar-refractivity contribution in [1.29, 1.82) is 0 Å². The van der Waals surface area contributed by atoms with Crippen LogP contribution in [0.4, 0.5) is 10.6 Å². The molecule has 126 valence electrons. The molecule has 2 heterocycles. The van der Waals surface area contributed by atoms with Crippen LogP contribution in [-0.2, 0) is 13.1 Å². The Labute approximate surface area is 143 Å². The normalized spacial score (nSPS) is 13.8. The summed E-state index contributed by atoms with van der Waals surface area (Å²) in [5.74, 6) is 1.03. The van der Waals surface area contributed by atoms with Crippen LogP contribution in [0.15, 0.2) is 42.6 Å². The Morgan fingerprint density at radius 3 is 2.50 bits per heavy atom. The lowest BCUT2D eigenvalue weighted by molar-refractivity contribution is 0.240. The number of urea groups is 1. The highest BCUT2D eigenvalue weighted by atomic mass is 16.2. The predicted molar refractivity (Wildman–Crippen MR) is 95.9 cm³/mol. The Kier molecular flexibility index (Phi) is 5.31. The molecule has 1 aromatic carbocycles. The molecule has 3 rings (SSSR count). The number of carbonyl (C=O) groups excluding carboxylic acids is 1. The van der Waals surface area contributed by atoms with E-state index in [2.05, 4.69) is 26.6 Å². The first-order chi connectivity index (χ1) is 11.7. The molecule has 0 bridgehead atoms. The fourth-order valence-electron chi connectivity index (χ4n) is 2.90. The molecule has 2 aromatic rings. The van der Waals surface area contributed by atoms with Crippen molar-refractivity contribution in [3.63, 3.8) is 0 Å². The number of rotatable bonds is 5. The third-order valence-corrected chi connectivity index (χ3v) is 4.23. The first kappa shape index (κ1) is 16.3. The third-order valence-electron chi connectivity index (χ3n) is 4.23. The van der Waals surface area contributed by atoms with Gasteiger partial charge in [-0.3, -0.25) is 0 Å². The highest BCUT2D eigenvalue weighted by Gasteiger charge is 2.13. The Balaban J connectivity index is 1.44. The van der Waals surface area contributed by atoms with E-state index in [4.69, 9.17) is 0 Å². The smallest absolute Gasteiger partial charge is 0.315 e. The van der Waals surface area contributed by atoms with E-state index in [-0.39, 0.29) is 6.03 Å². The lowest BCUT2D eigenvalue weighted by Gasteiger charge is -2.16. The first-order valence-corrected chi connectivity index (χ1v) is 8.48. The number of hydrogen-bond acceptors (Lipinski definition) is 3. The van der Waals surface area contributed by atoms with E-state index in [1.54, 1.807) is 0 Å². The molecule has 0 aliphatic carbocycles. The van der Waals surface area contributed by atoms with Crippen molar-refractivity contribution in [1.82, 2.24) is 15.6 Å². The van der Waals surface area contributed by atoms with Crippen molar-refractivity contribution in [3.8, 4) is 0 Å². The average molecular weight is 324 g/mol. The Bertz CT molecular complexity index is 678. The minimum Gasteiger partial charge on any atom is -0.357 e. The number of carbonyl (C=O) groups is 1. The molecular weight excluding hydrogens is 300 g/mol. The lowest BCUT2D eigenvalue weighted by Crippen LogP contribution is -2.34. The summed E-state index contributed by atoms with van der Waals surface area (Å²) in [6.07, 6.45) is 4.33. The molecule has 24 heavy (non-hydrogen) atoms. The van der Waals surface area contributed by atoms with Crippen LogP contribution in [0, 0.1) is 6.92 Å². The summed E-state index contributed by atoms with van der Waals surface area (Å²) in [6.45, 7) is 5.23. The summed E-state index contributed by atoms with van der Waals surface area (Å²) >= 11 is 0. The van der Waals surface area contributed by atoms with Crippen molar-refractivity contribution in [2.75, 3.05) is 18.0 Å². The fraction of sp³-hybridized carbons (Fsp3) is 0.368. The highest BCUT2D eigenvalue weighted by molar-refractivity contribution is 5.73. The molecule has 0 saturated carbocycles. The predicted octanol–water partition coefficient (Wildman–Crippen LogP) is 2.99. The summed E-state index contributed by atoms with van der Waals surface area (Å²) in [7, 11) is 0. The van der Waals surface area contributed by atoms with Crippen LogP contribution in [-0.4, -0.2) is 24.1 Å². The average Bonchev–Trinajstić information content (AvgIpc) is 3.13. The van der Waals surface area contributed by atoms with Gasteiger partial charge in [-0.15, -0.1) is 0 Å². The van der Waals surface area contributed by atoms with E-state index in [0.717, 1.165) is 30.0 Å². The molecule has 0 unspecified atom stereocenters. The SMILES string of the molecule is Cc1cccc(CNC(=O)NCc2ccc(N3CCCC3)nc2)c1. The van der Waals surface area contributed by atoms with Gasteiger partial charge in [0.25, 0.3) is 0 Å². The number of benzene rings is 1. The third kappa shape index (κ3) is 4.47. The van der Waals surface area contributed by atoms with Gasteiger partial charge in [0, 0.05) is 32.4 Å². The molecule has 2 amide bonds. The van der Waals surface area contributed by atoms with Crippen LogP contribution in [0.5, 0.6) is 0 Å². The van der Waals surface area contributed by atoms with E-state index in [1.165, 1.54) is 18.4 Å². The van der Waals surface area contributed by atoms with E-state index < -0.39 is 0 Å². The van der Waals surface area contributed by atoms with E-state index in [1.807, 2.05) is 43.5 Å². The van der Waals surface area contributed by atoms with Gasteiger partial charge in [0.05, 0.1) is 0 Å². The maximum absolute atomic E-state index is 11.9. The van der Waals surface area contributed by atoms with Crippen molar-refractivity contribution < 1.29 is 4.79 Å². The minimum atomic E-state index is -0.167. The topological polar surface area (TPSA) is 57.3 Å². The largest absolute Gasteiger partial charge is 0.357 e. The number of nitrogens with zero attached hydrogens (tertiary/aromatic N) is 2. The van der Waals surface area contributed by atoms with Crippen LogP contribution in [0.3, 0.4) is 0 Å². The van der Waals surface area contributed by atoms with Gasteiger partial charge in [-0.25, -0.2) is 9.78 Å². The maximum Gasteiger partial charge on any atom is 0.315 e. The Morgan fingerprint density at radius 1 is 1.08 bits per heavy atom. The number of hydrogen-bond donors (Lipinski definition) is 2. The van der Waals surface area contributed by atoms with E-state index in [0.29, 0.717) is 13.1 Å². The Morgan fingerprint density at radius 2 is 1.83 bits per heavy atom. The van der Waals surface area contributed by atoms with E-state index >= 15 is 0 Å². The monoisotopic (exact) mass is 324 g/mol. The van der Waals surface area contributed by atoms with Crippen molar-refractivity contribution in [3.05, 3.63) is 59.3 Å². The second-order valence-corrected chi connectivity index (χ2v) is 6.24. The van der Waals surface area contributed by atoms with Gasteiger partial charge in [-0.2, -0.15) is 0 Å². The van der Waals surface area contributed by atoms with Gasteiger partial charge in [0.1, 0.15) is 5.82 Å². The molecule has 1 aromatic heterocycles. The summed E-state index contributed by atoms with van der Waals surface area (Å²) in [4.78, 5) is 18.7. The zero-order valence-corrected chi connectivity index (χ0v) is 14.1. The van der Waals surface area contributed by atoms with Gasteiger partial charge in [-0.1, -0.05) is 35.9 Å². The van der Waals surface area contributed by atoms with Gasteiger partial charge >= 0.3 is 6.03 Å². The van der Waals surface area contributed by atoms with E-state index in [9.17, 15) is 4.79 Å². The molecule has 0 radical (unpaired) electrons. The summed E-state index contributed by atoms with van der Waals surface area (Å²) in [6, 6.07) is 12.0. The summed E-state index contributed by atoms with van der Waals surface area (Å²) in [5.41, 5.74) is 3.30. The number of aryl methyl sites for hydroxylation is 1. The standard InChI is InChI=1S/C19H24N4O/c1-15-5-4-6-16(11-15)12-21-19(24)22-14-17-7-8-18(20-13-17)23-9-2-3-10-23/h4-8,11,13H,2-3,9-10,12,14H2,1H3,(H2,21,22,24). The van der Waals surface area contributed by atoms with Crippen LogP contribution in [0.2, 0.25) is 0 Å². The van der Waals surface area contributed by atoms with Crippen LogP contribution >= 0.6 is 0 Å². The molecule has 1 aliphatic heterocycles. The first-order valence-electron chi connectivity index (χ1n) is 8.48. The molecule has 1 fully saturated rings. The molecule has 5 nitrogen and oxygen atoms in total.